The molecule has 0 unspecified atom stereocenters. The molecule has 1 aliphatic heterocycles. The fourth-order valence-electron chi connectivity index (χ4n) is 1.95. The standard InChI is InChI=1S/C12H12BrClFNO/c13-9-7-10(14)8(6-11(9)15)12(17)16-4-2-1-3-5-16/h6-7H,1-5H2. The summed E-state index contributed by atoms with van der Waals surface area (Å²) in [7, 11) is 0. The smallest absolute Gasteiger partial charge is 0.255 e. The number of carbonyl (C=O) groups is 1. The number of carbonyl (C=O) groups excluding carboxylic acids is 1. The van der Waals surface area contributed by atoms with E-state index in [9.17, 15) is 9.18 Å². The molecule has 1 aliphatic rings. The molecular weight excluding hydrogens is 308 g/mol. The first-order valence-electron chi connectivity index (χ1n) is 5.53. The first kappa shape index (κ1) is 12.8. The van der Waals surface area contributed by atoms with Gasteiger partial charge in [-0.05, 0) is 47.3 Å². The Morgan fingerprint density at radius 1 is 1.29 bits per heavy atom. The van der Waals surface area contributed by atoms with E-state index in [1.807, 2.05) is 0 Å². The number of likely N-dealkylation sites (tertiary alicyclic amines) is 1. The van der Waals surface area contributed by atoms with E-state index in [-0.39, 0.29) is 21.0 Å². The van der Waals surface area contributed by atoms with Crippen LogP contribution in [-0.2, 0) is 0 Å². The summed E-state index contributed by atoms with van der Waals surface area (Å²) < 4.78 is 13.7. The molecule has 0 aromatic heterocycles. The Morgan fingerprint density at radius 3 is 2.59 bits per heavy atom. The van der Waals surface area contributed by atoms with Crippen LogP contribution < -0.4 is 0 Å². The number of piperidine rings is 1. The molecule has 0 spiro atoms. The molecule has 1 saturated heterocycles. The van der Waals surface area contributed by atoms with Crippen LogP contribution in [0.4, 0.5) is 4.39 Å². The van der Waals surface area contributed by atoms with E-state index in [2.05, 4.69) is 15.9 Å². The predicted octanol–water partition coefficient (Wildman–Crippen LogP) is 3.87. The van der Waals surface area contributed by atoms with Crippen LogP contribution >= 0.6 is 27.5 Å². The van der Waals surface area contributed by atoms with Crippen LogP contribution in [0.1, 0.15) is 29.6 Å². The quantitative estimate of drug-likeness (QED) is 0.719. The molecule has 2 nitrogen and oxygen atoms in total. The highest BCUT2D eigenvalue weighted by Crippen LogP contribution is 2.26. The number of rotatable bonds is 1. The third-order valence-corrected chi connectivity index (χ3v) is 3.80. The maximum absolute atomic E-state index is 13.4. The SMILES string of the molecule is O=C(c1cc(F)c(Br)cc1Cl)N1CCCCC1. The maximum atomic E-state index is 13.4. The van der Waals surface area contributed by atoms with Crippen molar-refractivity contribution >= 4 is 33.4 Å². The summed E-state index contributed by atoms with van der Waals surface area (Å²) in [5.74, 6) is -0.643. The molecule has 0 N–H and O–H groups in total. The minimum Gasteiger partial charge on any atom is -0.339 e. The molecular formula is C12H12BrClFNO. The molecule has 5 heteroatoms. The number of benzene rings is 1. The van der Waals surface area contributed by atoms with Gasteiger partial charge in [0.2, 0.25) is 0 Å². The normalized spacial score (nSPS) is 16.1. The van der Waals surface area contributed by atoms with Crippen molar-refractivity contribution in [3.05, 3.63) is 33.0 Å². The Hall–Kier alpha value is -0.610. The van der Waals surface area contributed by atoms with E-state index in [1.54, 1.807) is 4.90 Å². The van der Waals surface area contributed by atoms with Gasteiger partial charge in [0.25, 0.3) is 5.91 Å². The van der Waals surface area contributed by atoms with Gasteiger partial charge in [0.05, 0.1) is 15.1 Å². The molecule has 0 radical (unpaired) electrons. The second-order valence-corrected chi connectivity index (χ2v) is 5.36. The lowest BCUT2D eigenvalue weighted by Crippen LogP contribution is -2.35. The average Bonchev–Trinajstić information content (AvgIpc) is 2.34. The molecule has 1 heterocycles. The van der Waals surface area contributed by atoms with E-state index in [4.69, 9.17) is 11.6 Å². The lowest BCUT2D eigenvalue weighted by Gasteiger charge is -2.27. The van der Waals surface area contributed by atoms with Crippen LogP contribution in [0.2, 0.25) is 5.02 Å². The summed E-state index contributed by atoms with van der Waals surface area (Å²) in [4.78, 5) is 13.9. The fourth-order valence-corrected chi connectivity index (χ4v) is 2.67. The molecule has 0 aliphatic carbocycles. The van der Waals surface area contributed by atoms with E-state index in [0.29, 0.717) is 0 Å². The molecule has 17 heavy (non-hydrogen) atoms. The number of halogens is 3. The second kappa shape index (κ2) is 5.36. The van der Waals surface area contributed by atoms with Gasteiger partial charge in [-0.2, -0.15) is 0 Å². The lowest BCUT2D eigenvalue weighted by molar-refractivity contribution is 0.0724. The van der Waals surface area contributed by atoms with Crippen LogP contribution in [0.15, 0.2) is 16.6 Å². The maximum Gasteiger partial charge on any atom is 0.255 e. The zero-order chi connectivity index (χ0) is 12.4. The molecule has 1 aromatic carbocycles. The number of hydrogen-bond acceptors (Lipinski definition) is 1. The first-order valence-corrected chi connectivity index (χ1v) is 6.70. The molecule has 0 saturated carbocycles. The summed E-state index contributed by atoms with van der Waals surface area (Å²) in [6.45, 7) is 1.46. The van der Waals surface area contributed by atoms with Gasteiger partial charge in [0, 0.05) is 13.1 Å². The van der Waals surface area contributed by atoms with Gasteiger partial charge in [0.1, 0.15) is 5.82 Å². The highest BCUT2D eigenvalue weighted by molar-refractivity contribution is 9.10. The van der Waals surface area contributed by atoms with Gasteiger partial charge in [-0.1, -0.05) is 11.6 Å². The van der Waals surface area contributed by atoms with Crippen molar-refractivity contribution in [2.24, 2.45) is 0 Å². The van der Waals surface area contributed by atoms with Crippen molar-refractivity contribution in [3.8, 4) is 0 Å². The Balaban J connectivity index is 2.26. The lowest BCUT2D eigenvalue weighted by atomic mass is 10.1. The minimum absolute atomic E-state index is 0.180. The van der Waals surface area contributed by atoms with Gasteiger partial charge in [-0.15, -0.1) is 0 Å². The van der Waals surface area contributed by atoms with E-state index in [1.165, 1.54) is 12.1 Å². The Kier molecular flexibility index (Phi) is 4.05. The third-order valence-electron chi connectivity index (χ3n) is 2.88. The van der Waals surface area contributed by atoms with Crippen LogP contribution in [0.3, 0.4) is 0 Å². The zero-order valence-electron chi connectivity index (χ0n) is 9.18. The van der Waals surface area contributed by atoms with Gasteiger partial charge in [0.15, 0.2) is 0 Å². The van der Waals surface area contributed by atoms with E-state index < -0.39 is 5.82 Å². The molecule has 0 bridgehead atoms. The Morgan fingerprint density at radius 2 is 1.94 bits per heavy atom. The van der Waals surface area contributed by atoms with Crippen molar-refractivity contribution in [1.29, 1.82) is 0 Å². The molecule has 92 valence electrons. The summed E-state index contributed by atoms with van der Waals surface area (Å²) >= 11 is 9.01. The first-order chi connectivity index (χ1) is 8.09. The summed E-state index contributed by atoms with van der Waals surface area (Å²) in [6, 6.07) is 2.62. The highest BCUT2D eigenvalue weighted by Gasteiger charge is 2.21. The summed E-state index contributed by atoms with van der Waals surface area (Å²) in [5, 5.41) is 0.286. The Bertz CT molecular complexity index is 446. The second-order valence-electron chi connectivity index (χ2n) is 4.10. The third kappa shape index (κ3) is 2.80. The largest absolute Gasteiger partial charge is 0.339 e. The Labute approximate surface area is 113 Å². The van der Waals surface area contributed by atoms with Crippen molar-refractivity contribution in [2.75, 3.05) is 13.1 Å². The van der Waals surface area contributed by atoms with Gasteiger partial charge in [-0.3, -0.25) is 4.79 Å². The van der Waals surface area contributed by atoms with Crippen LogP contribution in [0, 0.1) is 5.82 Å². The van der Waals surface area contributed by atoms with Crippen LogP contribution in [0.25, 0.3) is 0 Å². The molecule has 1 aromatic rings. The average molecular weight is 321 g/mol. The molecule has 1 fully saturated rings. The van der Waals surface area contributed by atoms with Crippen LogP contribution in [0.5, 0.6) is 0 Å². The fraction of sp³-hybridized carbons (Fsp3) is 0.417. The van der Waals surface area contributed by atoms with Crippen molar-refractivity contribution in [3.63, 3.8) is 0 Å². The van der Waals surface area contributed by atoms with Crippen molar-refractivity contribution in [2.45, 2.75) is 19.3 Å². The van der Waals surface area contributed by atoms with E-state index in [0.717, 1.165) is 32.4 Å². The predicted molar refractivity (Wildman–Crippen MR) is 68.9 cm³/mol. The monoisotopic (exact) mass is 319 g/mol. The summed E-state index contributed by atoms with van der Waals surface area (Å²) in [5.41, 5.74) is 0.245. The number of hydrogen-bond donors (Lipinski definition) is 0. The molecule has 1 amide bonds. The van der Waals surface area contributed by atoms with Gasteiger partial charge < -0.3 is 4.90 Å². The number of nitrogens with zero attached hydrogens (tertiary/aromatic N) is 1. The number of amides is 1. The molecule has 0 atom stereocenters. The highest BCUT2D eigenvalue weighted by atomic mass is 79.9. The van der Waals surface area contributed by atoms with Gasteiger partial charge >= 0.3 is 0 Å². The minimum atomic E-state index is -0.463. The zero-order valence-corrected chi connectivity index (χ0v) is 11.5. The molecule has 2 rings (SSSR count). The van der Waals surface area contributed by atoms with Gasteiger partial charge in [-0.25, -0.2) is 4.39 Å². The van der Waals surface area contributed by atoms with Crippen molar-refractivity contribution < 1.29 is 9.18 Å². The summed E-state index contributed by atoms with van der Waals surface area (Å²) in [6.07, 6.45) is 3.15. The van der Waals surface area contributed by atoms with Crippen LogP contribution in [-0.4, -0.2) is 23.9 Å². The van der Waals surface area contributed by atoms with Crippen molar-refractivity contribution in [1.82, 2.24) is 4.90 Å². The topological polar surface area (TPSA) is 20.3 Å². The van der Waals surface area contributed by atoms with E-state index >= 15 is 0 Å².